The van der Waals surface area contributed by atoms with Gasteiger partial charge in [-0.05, 0) is 18.4 Å². The minimum Gasteiger partial charge on any atom is -0.370 e. The normalized spacial score (nSPS) is 21.2. The second kappa shape index (κ2) is 5.51. The lowest BCUT2D eigenvalue weighted by Gasteiger charge is -2.32. The number of nitrogens with zero attached hydrogens (tertiary/aromatic N) is 2. The maximum atomic E-state index is 14.2. The van der Waals surface area contributed by atoms with Crippen molar-refractivity contribution >= 4 is 5.82 Å². The van der Waals surface area contributed by atoms with Crippen molar-refractivity contribution in [1.29, 1.82) is 0 Å². The highest BCUT2D eigenvalue weighted by Crippen LogP contribution is 2.35. The van der Waals surface area contributed by atoms with Crippen molar-refractivity contribution in [1.82, 2.24) is 9.78 Å². The van der Waals surface area contributed by atoms with Crippen LogP contribution in [0.4, 0.5) is 10.2 Å². The van der Waals surface area contributed by atoms with E-state index in [9.17, 15) is 4.39 Å². The topological polar surface area (TPSA) is 29.9 Å². The number of anilines is 1. The predicted molar refractivity (Wildman–Crippen MR) is 83.0 cm³/mol. The van der Waals surface area contributed by atoms with Gasteiger partial charge in [0.1, 0.15) is 11.6 Å². The molecule has 2 aromatic rings. The Balaban J connectivity index is 2.03. The summed E-state index contributed by atoms with van der Waals surface area (Å²) in [6, 6.07) is 9.09. The van der Waals surface area contributed by atoms with Gasteiger partial charge in [-0.1, -0.05) is 39.0 Å². The molecular formula is C17H22FN3. The first kappa shape index (κ1) is 14.1. The summed E-state index contributed by atoms with van der Waals surface area (Å²) in [7, 11) is 0. The highest BCUT2D eigenvalue weighted by atomic mass is 19.1. The molecule has 0 saturated carbocycles. The van der Waals surface area contributed by atoms with Gasteiger partial charge >= 0.3 is 0 Å². The first-order valence-electron chi connectivity index (χ1n) is 7.63. The van der Waals surface area contributed by atoms with Gasteiger partial charge in [0.25, 0.3) is 0 Å². The molecule has 1 aliphatic rings. The van der Waals surface area contributed by atoms with Gasteiger partial charge in [-0.15, -0.1) is 0 Å². The molecule has 0 amide bonds. The van der Waals surface area contributed by atoms with E-state index in [0.717, 1.165) is 30.0 Å². The number of nitrogens with one attached hydrogen (secondary N) is 1. The Morgan fingerprint density at radius 3 is 2.86 bits per heavy atom. The lowest BCUT2D eigenvalue weighted by Crippen LogP contribution is -2.32. The zero-order valence-corrected chi connectivity index (χ0v) is 12.8. The SMILES string of the molecule is CC(C)Cc1cc2n(n1)C(c1ccccc1F)C(C)CN2. The van der Waals surface area contributed by atoms with Crippen molar-refractivity contribution in [3.8, 4) is 0 Å². The van der Waals surface area contributed by atoms with Crippen LogP contribution in [0.2, 0.25) is 0 Å². The highest BCUT2D eigenvalue weighted by molar-refractivity contribution is 5.42. The van der Waals surface area contributed by atoms with E-state index in [2.05, 4.69) is 32.2 Å². The van der Waals surface area contributed by atoms with E-state index in [1.165, 1.54) is 6.07 Å². The molecule has 21 heavy (non-hydrogen) atoms. The molecule has 2 atom stereocenters. The molecule has 3 nitrogen and oxygen atoms in total. The lowest BCUT2D eigenvalue weighted by atomic mass is 9.92. The van der Waals surface area contributed by atoms with E-state index in [1.54, 1.807) is 6.07 Å². The molecule has 0 spiro atoms. The molecule has 1 aromatic carbocycles. The summed E-state index contributed by atoms with van der Waals surface area (Å²) in [4.78, 5) is 0. The highest BCUT2D eigenvalue weighted by Gasteiger charge is 2.30. The summed E-state index contributed by atoms with van der Waals surface area (Å²) in [6.07, 6.45) is 0.944. The summed E-state index contributed by atoms with van der Waals surface area (Å²) < 4.78 is 16.2. The molecular weight excluding hydrogens is 265 g/mol. The number of hydrogen-bond acceptors (Lipinski definition) is 2. The van der Waals surface area contributed by atoms with Crippen LogP contribution in [-0.4, -0.2) is 16.3 Å². The second-order valence-electron chi connectivity index (χ2n) is 6.39. The average molecular weight is 287 g/mol. The first-order valence-corrected chi connectivity index (χ1v) is 7.63. The van der Waals surface area contributed by atoms with Gasteiger partial charge in [0, 0.05) is 24.1 Å². The third kappa shape index (κ3) is 2.67. The molecule has 3 rings (SSSR count). The molecule has 112 valence electrons. The number of hydrogen-bond donors (Lipinski definition) is 1. The van der Waals surface area contributed by atoms with E-state index in [4.69, 9.17) is 5.10 Å². The minimum atomic E-state index is -0.150. The number of aromatic nitrogens is 2. The Morgan fingerprint density at radius 2 is 2.14 bits per heavy atom. The Kier molecular flexibility index (Phi) is 3.70. The zero-order valence-electron chi connectivity index (χ0n) is 12.8. The quantitative estimate of drug-likeness (QED) is 0.928. The summed E-state index contributed by atoms with van der Waals surface area (Å²) in [5.74, 6) is 1.70. The van der Waals surface area contributed by atoms with Crippen LogP contribution in [0.25, 0.3) is 0 Å². The van der Waals surface area contributed by atoms with Gasteiger partial charge in [-0.25, -0.2) is 9.07 Å². The summed E-state index contributed by atoms with van der Waals surface area (Å²) in [5, 5.41) is 8.13. The molecule has 0 bridgehead atoms. The maximum Gasteiger partial charge on any atom is 0.128 e. The minimum absolute atomic E-state index is 0.0386. The molecule has 2 unspecified atom stereocenters. The second-order valence-corrected chi connectivity index (χ2v) is 6.39. The van der Waals surface area contributed by atoms with E-state index in [0.29, 0.717) is 11.8 Å². The van der Waals surface area contributed by atoms with Gasteiger partial charge in [0.15, 0.2) is 0 Å². The summed E-state index contributed by atoms with van der Waals surface area (Å²) >= 11 is 0. The van der Waals surface area contributed by atoms with E-state index in [1.807, 2.05) is 16.8 Å². The molecule has 0 saturated heterocycles. The fourth-order valence-corrected chi connectivity index (χ4v) is 3.08. The van der Waals surface area contributed by atoms with Crippen molar-refractivity contribution in [3.63, 3.8) is 0 Å². The predicted octanol–water partition coefficient (Wildman–Crippen LogP) is 3.87. The fraction of sp³-hybridized carbons (Fsp3) is 0.471. The van der Waals surface area contributed by atoms with Crippen LogP contribution in [0.3, 0.4) is 0 Å². The van der Waals surface area contributed by atoms with Crippen molar-refractivity contribution in [2.24, 2.45) is 11.8 Å². The number of fused-ring (bicyclic) bond motifs is 1. The molecule has 0 aliphatic carbocycles. The van der Waals surface area contributed by atoms with Gasteiger partial charge in [0.2, 0.25) is 0 Å². The number of halogens is 1. The first-order chi connectivity index (χ1) is 10.1. The largest absolute Gasteiger partial charge is 0.370 e. The molecule has 1 aromatic heterocycles. The molecule has 2 heterocycles. The standard InChI is InChI=1S/C17H22FN3/c1-11(2)8-13-9-16-19-10-12(3)17(21(16)20-13)14-6-4-5-7-15(14)18/h4-7,9,11-12,17,19H,8,10H2,1-3H3. The van der Waals surface area contributed by atoms with Gasteiger partial charge in [-0.2, -0.15) is 5.10 Å². The molecule has 0 fully saturated rings. The van der Waals surface area contributed by atoms with Crippen LogP contribution in [0.5, 0.6) is 0 Å². The van der Waals surface area contributed by atoms with Crippen LogP contribution in [-0.2, 0) is 6.42 Å². The van der Waals surface area contributed by atoms with Crippen molar-refractivity contribution in [2.75, 3.05) is 11.9 Å². The van der Waals surface area contributed by atoms with Gasteiger partial charge in [-0.3, -0.25) is 0 Å². The number of benzene rings is 1. The van der Waals surface area contributed by atoms with Crippen LogP contribution in [0.1, 0.15) is 38.1 Å². The summed E-state index contributed by atoms with van der Waals surface area (Å²) in [6.45, 7) is 7.34. The summed E-state index contributed by atoms with van der Waals surface area (Å²) in [5.41, 5.74) is 1.80. The molecule has 1 N–H and O–H groups in total. The van der Waals surface area contributed by atoms with Crippen molar-refractivity contribution in [3.05, 3.63) is 47.4 Å². The average Bonchev–Trinajstić information content (AvgIpc) is 2.81. The Bertz CT molecular complexity index is 633. The van der Waals surface area contributed by atoms with Gasteiger partial charge < -0.3 is 5.32 Å². The smallest absolute Gasteiger partial charge is 0.128 e. The van der Waals surface area contributed by atoms with Crippen LogP contribution in [0.15, 0.2) is 30.3 Å². The van der Waals surface area contributed by atoms with Crippen molar-refractivity contribution < 1.29 is 4.39 Å². The third-order valence-corrected chi connectivity index (χ3v) is 4.04. The molecule has 0 radical (unpaired) electrons. The Morgan fingerprint density at radius 1 is 1.38 bits per heavy atom. The Labute approximate surface area is 125 Å². The number of rotatable bonds is 3. The molecule has 4 heteroatoms. The zero-order chi connectivity index (χ0) is 15.0. The molecule has 1 aliphatic heterocycles. The van der Waals surface area contributed by atoms with Crippen LogP contribution < -0.4 is 5.32 Å². The maximum absolute atomic E-state index is 14.2. The van der Waals surface area contributed by atoms with Crippen LogP contribution in [0, 0.1) is 17.7 Å². The van der Waals surface area contributed by atoms with Crippen molar-refractivity contribution in [2.45, 2.75) is 33.2 Å². The van der Waals surface area contributed by atoms with Crippen LogP contribution >= 0.6 is 0 Å². The van der Waals surface area contributed by atoms with E-state index < -0.39 is 0 Å². The monoisotopic (exact) mass is 287 g/mol. The third-order valence-electron chi connectivity index (χ3n) is 4.04. The van der Waals surface area contributed by atoms with E-state index in [-0.39, 0.29) is 11.9 Å². The van der Waals surface area contributed by atoms with Gasteiger partial charge in [0.05, 0.1) is 11.7 Å². The Hall–Kier alpha value is -1.84. The lowest BCUT2D eigenvalue weighted by molar-refractivity contribution is 0.359. The fourth-order valence-electron chi connectivity index (χ4n) is 3.08. The van der Waals surface area contributed by atoms with E-state index >= 15 is 0 Å².